The summed E-state index contributed by atoms with van der Waals surface area (Å²) >= 11 is 6.09. The van der Waals surface area contributed by atoms with Gasteiger partial charge in [-0.1, -0.05) is 20.8 Å². The molecule has 156 valence electrons. The molecule has 1 atom stereocenters. The molecule has 27 heavy (non-hydrogen) atoms. The minimum Gasteiger partial charge on any atom is -0.539 e. The molecule has 0 N–H and O–H groups in total. The van der Waals surface area contributed by atoms with Crippen LogP contribution in [0.1, 0.15) is 38.0 Å². The summed E-state index contributed by atoms with van der Waals surface area (Å²) in [6.07, 6.45) is 1.13. The molecule has 0 aliphatic heterocycles. The van der Waals surface area contributed by atoms with E-state index >= 15 is 0 Å². The molecule has 1 aromatic carbocycles. The molecule has 1 rings (SSSR count). The van der Waals surface area contributed by atoms with Crippen LogP contribution in [0.2, 0.25) is 19.6 Å². The zero-order valence-corrected chi connectivity index (χ0v) is 21.5. The molecule has 0 radical (unpaired) electrons. The second-order valence-corrected chi connectivity index (χ2v) is 16.2. The van der Waals surface area contributed by atoms with E-state index < -0.39 is 8.32 Å². The maximum absolute atomic E-state index is 6.27. The largest absolute Gasteiger partial charge is 0.539 e. The van der Waals surface area contributed by atoms with E-state index in [9.17, 15) is 0 Å². The number of hydrogen-bond donors (Lipinski definition) is 0. The third kappa shape index (κ3) is 8.42. The summed E-state index contributed by atoms with van der Waals surface area (Å²) in [4.78, 5) is 0. The highest BCUT2D eigenvalue weighted by Crippen LogP contribution is 2.46. The lowest BCUT2D eigenvalue weighted by molar-refractivity contribution is 0.360. The molecular weight excluding hydrogens is 413 g/mol. The van der Waals surface area contributed by atoms with Gasteiger partial charge in [0.25, 0.3) is 0 Å². The SMILES string of the molecule is CCSC(CC(SCC)c1cc(OC)c(O[Si](C)(C)C)c(OC)c1)SCC. The summed E-state index contributed by atoms with van der Waals surface area (Å²) in [6, 6.07) is 4.30. The van der Waals surface area contributed by atoms with Gasteiger partial charge in [0.1, 0.15) is 0 Å². The third-order valence-electron chi connectivity index (χ3n) is 3.74. The molecule has 0 aromatic heterocycles. The Balaban J connectivity index is 3.25. The Kier molecular flexibility index (Phi) is 11.5. The standard InChI is InChI=1S/C20H36O3S3Si/c1-9-24-18(14-19(25-10-2)26-11-3)15-12-16(21-4)20(17(13-15)22-5)23-27(6,7)8/h12-13,18-19H,9-11,14H2,1-8H3. The lowest BCUT2D eigenvalue weighted by Gasteiger charge is -2.26. The van der Waals surface area contributed by atoms with Crippen molar-refractivity contribution < 1.29 is 13.9 Å². The average molecular weight is 449 g/mol. The van der Waals surface area contributed by atoms with Gasteiger partial charge in [-0.2, -0.15) is 11.8 Å². The first-order valence-electron chi connectivity index (χ1n) is 9.59. The second-order valence-electron chi connectivity index (χ2n) is 6.99. The van der Waals surface area contributed by atoms with Gasteiger partial charge in [0.05, 0.1) is 18.8 Å². The maximum atomic E-state index is 6.27. The minimum atomic E-state index is -1.77. The minimum absolute atomic E-state index is 0.418. The molecule has 3 nitrogen and oxygen atoms in total. The molecule has 1 unspecified atom stereocenters. The van der Waals surface area contributed by atoms with E-state index in [1.165, 1.54) is 5.56 Å². The van der Waals surface area contributed by atoms with Crippen LogP contribution in [0, 0.1) is 0 Å². The quantitative estimate of drug-likeness (QED) is 0.240. The Morgan fingerprint density at radius 2 is 1.33 bits per heavy atom. The van der Waals surface area contributed by atoms with Crippen LogP contribution < -0.4 is 13.9 Å². The van der Waals surface area contributed by atoms with Crippen molar-refractivity contribution in [3.8, 4) is 17.2 Å². The second kappa shape index (κ2) is 12.4. The number of hydrogen-bond acceptors (Lipinski definition) is 6. The summed E-state index contributed by atoms with van der Waals surface area (Å²) < 4.78 is 18.3. The van der Waals surface area contributed by atoms with Crippen LogP contribution in [0.3, 0.4) is 0 Å². The van der Waals surface area contributed by atoms with Gasteiger partial charge in [-0.05, 0) is 61.0 Å². The molecular formula is C20H36O3S3Si. The highest BCUT2D eigenvalue weighted by atomic mass is 32.2. The Labute approximate surface area is 180 Å². The van der Waals surface area contributed by atoms with Crippen molar-refractivity contribution in [2.75, 3.05) is 31.5 Å². The van der Waals surface area contributed by atoms with E-state index in [4.69, 9.17) is 13.9 Å². The van der Waals surface area contributed by atoms with Crippen LogP contribution >= 0.6 is 35.3 Å². The van der Waals surface area contributed by atoms with Gasteiger partial charge < -0.3 is 13.9 Å². The van der Waals surface area contributed by atoms with E-state index in [0.717, 1.165) is 40.9 Å². The monoisotopic (exact) mass is 448 g/mol. The molecule has 7 heteroatoms. The van der Waals surface area contributed by atoms with E-state index in [1.54, 1.807) is 14.2 Å². The molecule has 0 aliphatic carbocycles. The van der Waals surface area contributed by atoms with Gasteiger partial charge in [-0.25, -0.2) is 0 Å². The molecule has 0 bridgehead atoms. The zero-order chi connectivity index (χ0) is 20.4. The van der Waals surface area contributed by atoms with Gasteiger partial charge in [-0.3, -0.25) is 0 Å². The smallest absolute Gasteiger partial charge is 0.242 e. The summed E-state index contributed by atoms with van der Waals surface area (Å²) in [5.41, 5.74) is 1.26. The van der Waals surface area contributed by atoms with Crippen LogP contribution in [0.5, 0.6) is 17.2 Å². The van der Waals surface area contributed by atoms with Gasteiger partial charge in [0, 0.05) is 5.25 Å². The van der Waals surface area contributed by atoms with Crippen LogP contribution in [-0.4, -0.2) is 44.4 Å². The van der Waals surface area contributed by atoms with E-state index in [0.29, 0.717) is 9.83 Å². The van der Waals surface area contributed by atoms with Gasteiger partial charge >= 0.3 is 0 Å². The number of benzene rings is 1. The summed E-state index contributed by atoms with van der Waals surface area (Å²) in [5.74, 6) is 5.68. The van der Waals surface area contributed by atoms with E-state index in [1.807, 2.05) is 35.3 Å². The Morgan fingerprint density at radius 3 is 1.70 bits per heavy atom. The van der Waals surface area contributed by atoms with Crippen molar-refractivity contribution in [3.05, 3.63) is 17.7 Å². The van der Waals surface area contributed by atoms with Gasteiger partial charge in [0.15, 0.2) is 17.2 Å². The summed E-state index contributed by atoms with van der Waals surface area (Å²) in [6.45, 7) is 13.2. The molecule has 0 saturated heterocycles. The van der Waals surface area contributed by atoms with Gasteiger partial charge in [-0.15, -0.1) is 23.5 Å². The highest BCUT2D eigenvalue weighted by molar-refractivity contribution is 8.17. The molecule has 0 heterocycles. The van der Waals surface area contributed by atoms with E-state index in [-0.39, 0.29) is 0 Å². The third-order valence-corrected chi connectivity index (χ3v) is 8.37. The summed E-state index contributed by atoms with van der Waals surface area (Å²) in [5, 5.41) is 0.418. The molecule has 0 saturated carbocycles. The summed E-state index contributed by atoms with van der Waals surface area (Å²) in [7, 11) is 1.64. The van der Waals surface area contributed by atoms with Crippen molar-refractivity contribution >= 4 is 43.6 Å². The average Bonchev–Trinajstić information content (AvgIpc) is 2.60. The Hall–Kier alpha value is -0.113. The van der Waals surface area contributed by atoms with Crippen molar-refractivity contribution in [3.63, 3.8) is 0 Å². The first-order chi connectivity index (χ1) is 12.8. The number of thioether (sulfide) groups is 3. The number of methoxy groups -OCH3 is 2. The number of ether oxygens (including phenoxy) is 2. The predicted molar refractivity (Wildman–Crippen MR) is 129 cm³/mol. The highest BCUT2D eigenvalue weighted by Gasteiger charge is 2.26. The van der Waals surface area contributed by atoms with Crippen molar-refractivity contribution in [1.29, 1.82) is 0 Å². The van der Waals surface area contributed by atoms with Gasteiger partial charge in [0.2, 0.25) is 8.32 Å². The topological polar surface area (TPSA) is 27.7 Å². The first-order valence-corrected chi connectivity index (χ1v) is 16.1. The fraction of sp³-hybridized carbons (Fsp3) is 0.700. The van der Waals surface area contributed by atoms with Crippen molar-refractivity contribution in [2.24, 2.45) is 0 Å². The fourth-order valence-corrected chi connectivity index (χ4v) is 7.44. The molecule has 0 amide bonds. The fourth-order valence-electron chi connectivity index (χ4n) is 2.73. The maximum Gasteiger partial charge on any atom is 0.242 e. The van der Waals surface area contributed by atoms with Crippen molar-refractivity contribution in [2.45, 2.75) is 56.7 Å². The lowest BCUT2D eigenvalue weighted by atomic mass is 10.1. The van der Waals surface area contributed by atoms with E-state index in [2.05, 4.69) is 52.5 Å². The molecule has 1 aromatic rings. The molecule has 0 spiro atoms. The lowest BCUT2D eigenvalue weighted by Crippen LogP contribution is -2.29. The predicted octanol–water partition coefficient (Wildman–Crippen LogP) is 6.93. The zero-order valence-electron chi connectivity index (χ0n) is 18.1. The normalized spacial score (nSPS) is 12.9. The molecule has 0 aliphatic rings. The first kappa shape index (κ1) is 24.9. The molecule has 0 fully saturated rings. The Morgan fingerprint density at radius 1 is 0.852 bits per heavy atom. The number of rotatable bonds is 13. The van der Waals surface area contributed by atoms with Crippen LogP contribution in [-0.2, 0) is 0 Å². The Bertz CT molecular complexity index is 533. The van der Waals surface area contributed by atoms with Crippen LogP contribution in [0.15, 0.2) is 12.1 Å². The van der Waals surface area contributed by atoms with Crippen molar-refractivity contribution in [1.82, 2.24) is 0 Å². The van der Waals surface area contributed by atoms with Crippen LogP contribution in [0.4, 0.5) is 0 Å². The van der Waals surface area contributed by atoms with Crippen LogP contribution in [0.25, 0.3) is 0 Å².